The number of ether oxygens (including phenoxy) is 1. The standard InChI is InChI=1S/C18H26ClN3O/c1-4-23-11-7-10-20-12-17-14(2)21-22(15(17)3)13-16-8-5-6-9-18(16)19/h5-6,8-9,20H,4,7,10-13H2,1-3H3. The SMILES string of the molecule is CCOCCCNCc1c(C)nn(Cc2ccccc2Cl)c1C. The van der Waals surface area contributed by atoms with Gasteiger partial charge >= 0.3 is 0 Å². The van der Waals surface area contributed by atoms with Gasteiger partial charge in [-0.25, -0.2) is 0 Å². The molecule has 23 heavy (non-hydrogen) atoms. The first-order chi connectivity index (χ1) is 11.1. The topological polar surface area (TPSA) is 39.1 Å². The Hall–Kier alpha value is -1.36. The van der Waals surface area contributed by atoms with E-state index in [-0.39, 0.29) is 0 Å². The minimum atomic E-state index is 0.705. The average molecular weight is 336 g/mol. The Morgan fingerprint density at radius 1 is 1.26 bits per heavy atom. The minimum absolute atomic E-state index is 0.705. The molecule has 0 spiro atoms. The van der Waals surface area contributed by atoms with Gasteiger partial charge in [-0.15, -0.1) is 0 Å². The van der Waals surface area contributed by atoms with E-state index >= 15 is 0 Å². The van der Waals surface area contributed by atoms with Crippen LogP contribution in [-0.4, -0.2) is 29.5 Å². The first kappa shape index (κ1) is 18.0. The lowest BCUT2D eigenvalue weighted by atomic mass is 10.2. The molecule has 0 aliphatic carbocycles. The van der Waals surface area contributed by atoms with Crippen LogP contribution in [0.3, 0.4) is 0 Å². The van der Waals surface area contributed by atoms with Gasteiger partial charge in [0.25, 0.3) is 0 Å². The number of nitrogens with zero attached hydrogens (tertiary/aromatic N) is 2. The van der Waals surface area contributed by atoms with Crippen molar-refractivity contribution in [2.24, 2.45) is 0 Å². The molecular formula is C18H26ClN3O. The van der Waals surface area contributed by atoms with Gasteiger partial charge < -0.3 is 10.1 Å². The second kappa shape index (κ2) is 9.06. The number of hydrogen-bond acceptors (Lipinski definition) is 3. The van der Waals surface area contributed by atoms with Gasteiger partial charge in [0.05, 0.1) is 12.2 Å². The van der Waals surface area contributed by atoms with Crippen molar-refractivity contribution >= 4 is 11.6 Å². The first-order valence-electron chi connectivity index (χ1n) is 8.18. The van der Waals surface area contributed by atoms with Gasteiger partial charge in [-0.3, -0.25) is 4.68 Å². The van der Waals surface area contributed by atoms with Crippen LogP contribution in [0.15, 0.2) is 24.3 Å². The lowest BCUT2D eigenvalue weighted by molar-refractivity contribution is 0.144. The van der Waals surface area contributed by atoms with Crippen molar-refractivity contribution < 1.29 is 4.74 Å². The van der Waals surface area contributed by atoms with Crippen LogP contribution < -0.4 is 5.32 Å². The molecule has 0 saturated carbocycles. The van der Waals surface area contributed by atoms with Crippen LogP contribution >= 0.6 is 11.6 Å². The van der Waals surface area contributed by atoms with Crippen LogP contribution in [0, 0.1) is 13.8 Å². The maximum Gasteiger partial charge on any atom is 0.0677 e. The van der Waals surface area contributed by atoms with Crippen molar-refractivity contribution in [3.8, 4) is 0 Å². The van der Waals surface area contributed by atoms with E-state index in [4.69, 9.17) is 16.3 Å². The zero-order valence-corrected chi connectivity index (χ0v) is 15.0. The quantitative estimate of drug-likeness (QED) is 0.710. The van der Waals surface area contributed by atoms with Crippen LogP contribution in [0.25, 0.3) is 0 Å². The largest absolute Gasteiger partial charge is 0.382 e. The Bertz CT molecular complexity index is 625. The molecule has 0 radical (unpaired) electrons. The molecule has 1 N–H and O–H groups in total. The van der Waals surface area contributed by atoms with Gasteiger partial charge in [0.1, 0.15) is 0 Å². The fourth-order valence-corrected chi connectivity index (χ4v) is 2.78. The van der Waals surface area contributed by atoms with E-state index in [1.165, 1.54) is 11.3 Å². The summed E-state index contributed by atoms with van der Waals surface area (Å²) in [5.41, 5.74) is 4.64. The summed E-state index contributed by atoms with van der Waals surface area (Å²) in [5, 5.41) is 8.93. The molecule has 0 fully saturated rings. The van der Waals surface area contributed by atoms with E-state index in [1.807, 2.05) is 35.9 Å². The molecule has 2 rings (SSSR count). The summed E-state index contributed by atoms with van der Waals surface area (Å²) in [6.07, 6.45) is 1.03. The summed E-state index contributed by atoms with van der Waals surface area (Å²) >= 11 is 6.25. The van der Waals surface area contributed by atoms with E-state index in [2.05, 4.69) is 24.3 Å². The van der Waals surface area contributed by atoms with Crippen LogP contribution in [0.1, 0.15) is 35.9 Å². The molecule has 126 valence electrons. The minimum Gasteiger partial charge on any atom is -0.382 e. The fourth-order valence-electron chi connectivity index (χ4n) is 2.59. The van der Waals surface area contributed by atoms with Crippen LogP contribution in [0.4, 0.5) is 0 Å². The molecule has 0 amide bonds. The number of halogens is 1. The van der Waals surface area contributed by atoms with Crippen molar-refractivity contribution in [3.05, 3.63) is 51.8 Å². The smallest absolute Gasteiger partial charge is 0.0677 e. The molecule has 4 nitrogen and oxygen atoms in total. The second-order valence-corrected chi connectivity index (χ2v) is 6.03. The third-order valence-corrected chi connectivity index (χ3v) is 4.33. The lowest BCUT2D eigenvalue weighted by Gasteiger charge is -2.08. The highest BCUT2D eigenvalue weighted by molar-refractivity contribution is 6.31. The maximum absolute atomic E-state index is 6.25. The number of nitrogens with one attached hydrogen (secondary N) is 1. The van der Waals surface area contributed by atoms with E-state index in [0.29, 0.717) is 6.54 Å². The molecule has 0 aliphatic rings. The van der Waals surface area contributed by atoms with Crippen molar-refractivity contribution in [1.29, 1.82) is 0 Å². The van der Waals surface area contributed by atoms with Gasteiger partial charge in [-0.2, -0.15) is 5.10 Å². The summed E-state index contributed by atoms with van der Waals surface area (Å²) in [5.74, 6) is 0. The number of hydrogen-bond donors (Lipinski definition) is 1. The van der Waals surface area contributed by atoms with Gasteiger partial charge in [0.15, 0.2) is 0 Å². The van der Waals surface area contributed by atoms with E-state index in [0.717, 1.165) is 49.0 Å². The number of benzene rings is 1. The first-order valence-corrected chi connectivity index (χ1v) is 8.56. The Morgan fingerprint density at radius 2 is 2.04 bits per heavy atom. The summed E-state index contributed by atoms with van der Waals surface area (Å²) in [7, 11) is 0. The van der Waals surface area contributed by atoms with Crippen molar-refractivity contribution in [1.82, 2.24) is 15.1 Å². The molecular weight excluding hydrogens is 310 g/mol. The summed E-state index contributed by atoms with van der Waals surface area (Å²) < 4.78 is 7.38. The molecule has 2 aromatic rings. The van der Waals surface area contributed by atoms with Gasteiger partial charge in [0.2, 0.25) is 0 Å². The Balaban J connectivity index is 1.95. The van der Waals surface area contributed by atoms with E-state index < -0.39 is 0 Å². The Morgan fingerprint density at radius 3 is 2.78 bits per heavy atom. The summed E-state index contributed by atoms with van der Waals surface area (Å²) in [6, 6.07) is 7.92. The lowest BCUT2D eigenvalue weighted by Crippen LogP contribution is -2.17. The number of aryl methyl sites for hydroxylation is 1. The fraction of sp³-hybridized carbons (Fsp3) is 0.500. The zero-order chi connectivity index (χ0) is 16.7. The van der Waals surface area contributed by atoms with E-state index in [9.17, 15) is 0 Å². The monoisotopic (exact) mass is 335 g/mol. The maximum atomic E-state index is 6.25. The van der Waals surface area contributed by atoms with Crippen molar-refractivity contribution in [2.45, 2.75) is 40.3 Å². The third kappa shape index (κ3) is 5.06. The van der Waals surface area contributed by atoms with Crippen LogP contribution in [0.2, 0.25) is 5.02 Å². The molecule has 1 heterocycles. The molecule has 0 aliphatic heterocycles. The molecule has 0 saturated heterocycles. The van der Waals surface area contributed by atoms with Gasteiger partial charge in [-0.1, -0.05) is 29.8 Å². The van der Waals surface area contributed by atoms with Crippen molar-refractivity contribution in [2.75, 3.05) is 19.8 Å². The van der Waals surface area contributed by atoms with Gasteiger partial charge in [-0.05, 0) is 45.4 Å². The number of rotatable bonds is 9. The van der Waals surface area contributed by atoms with E-state index in [1.54, 1.807) is 0 Å². The normalized spacial score (nSPS) is 11.1. The molecule has 1 aromatic heterocycles. The van der Waals surface area contributed by atoms with Crippen molar-refractivity contribution in [3.63, 3.8) is 0 Å². The molecule has 5 heteroatoms. The highest BCUT2D eigenvalue weighted by Gasteiger charge is 2.12. The number of aromatic nitrogens is 2. The molecule has 0 atom stereocenters. The highest BCUT2D eigenvalue weighted by atomic mass is 35.5. The summed E-state index contributed by atoms with van der Waals surface area (Å²) in [4.78, 5) is 0. The predicted molar refractivity (Wildman–Crippen MR) is 95.1 cm³/mol. The van der Waals surface area contributed by atoms with Gasteiger partial charge in [0, 0.05) is 36.0 Å². The Labute approximate surface area is 143 Å². The second-order valence-electron chi connectivity index (χ2n) is 5.63. The molecule has 0 unspecified atom stereocenters. The predicted octanol–water partition coefficient (Wildman–Crippen LogP) is 3.72. The molecule has 1 aromatic carbocycles. The third-order valence-electron chi connectivity index (χ3n) is 3.96. The summed E-state index contributed by atoms with van der Waals surface area (Å²) in [6.45, 7) is 10.3. The van der Waals surface area contributed by atoms with Crippen LogP contribution in [-0.2, 0) is 17.8 Å². The molecule has 0 bridgehead atoms. The van der Waals surface area contributed by atoms with Crippen LogP contribution in [0.5, 0.6) is 0 Å². The Kier molecular flexibility index (Phi) is 7.09. The highest BCUT2D eigenvalue weighted by Crippen LogP contribution is 2.19. The average Bonchev–Trinajstić information content (AvgIpc) is 2.80. The zero-order valence-electron chi connectivity index (χ0n) is 14.2.